The number of hydrogen-bond donors (Lipinski definition) is 1. The van der Waals surface area contributed by atoms with Crippen molar-refractivity contribution in [3.05, 3.63) is 35.4 Å². The minimum absolute atomic E-state index is 0.252. The number of rotatable bonds is 5. The third kappa shape index (κ3) is 4.51. The van der Waals surface area contributed by atoms with Gasteiger partial charge in [0.15, 0.2) is 0 Å². The molecule has 1 rings (SSSR count). The normalized spacial score (nSPS) is 14.5. The Hall–Kier alpha value is -1.07. The van der Waals surface area contributed by atoms with Gasteiger partial charge in [-0.05, 0) is 32.4 Å². The fourth-order valence-electron chi connectivity index (χ4n) is 1.71. The van der Waals surface area contributed by atoms with Crippen molar-refractivity contribution in [1.82, 2.24) is 5.32 Å². The summed E-state index contributed by atoms with van der Waals surface area (Å²) in [5.41, 5.74) is -0.756. The third-order valence-electron chi connectivity index (χ3n) is 3.12. The van der Waals surface area contributed by atoms with Gasteiger partial charge < -0.3 is 10.1 Å². The lowest BCUT2D eigenvalue weighted by Gasteiger charge is -2.27. The molecule has 2 nitrogen and oxygen atoms in total. The first-order valence-electron chi connectivity index (χ1n) is 6.12. The first-order valence-corrected chi connectivity index (χ1v) is 6.12. The Morgan fingerprint density at radius 2 is 1.79 bits per heavy atom. The van der Waals surface area contributed by atoms with Gasteiger partial charge in [-0.15, -0.1) is 0 Å². The second-order valence-electron chi connectivity index (χ2n) is 5.15. The zero-order valence-corrected chi connectivity index (χ0v) is 11.6. The summed E-state index contributed by atoms with van der Waals surface area (Å²) in [5, 5.41) is 3.08. The van der Waals surface area contributed by atoms with E-state index in [1.54, 1.807) is 20.1 Å². The molecule has 19 heavy (non-hydrogen) atoms. The number of halogens is 3. The maximum atomic E-state index is 12.9. The Bertz CT molecular complexity index is 415. The maximum Gasteiger partial charge on any atom is 0.416 e. The first kappa shape index (κ1) is 16.0. The predicted molar refractivity (Wildman–Crippen MR) is 68.9 cm³/mol. The van der Waals surface area contributed by atoms with Crippen LogP contribution in [0, 0.1) is 0 Å². The fourth-order valence-corrected chi connectivity index (χ4v) is 1.71. The number of benzene rings is 1. The Kier molecular flexibility index (Phi) is 4.98. The van der Waals surface area contributed by atoms with E-state index >= 15 is 0 Å². The van der Waals surface area contributed by atoms with Crippen LogP contribution >= 0.6 is 0 Å². The second-order valence-corrected chi connectivity index (χ2v) is 5.15. The molecule has 1 atom stereocenters. The highest BCUT2D eigenvalue weighted by atomic mass is 19.4. The van der Waals surface area contributed by atoms with E-state index in [0.29, 0.717) is 6.54 Å². The highest BCUT2D eigenvalue weighted by molar-refractivity contribution is 5.32. The van der Waals surface area contributed by atoms with E-state index in [9.17, 15) is 13.2 Å². The van der Waals surface area contributed by atoms with E-state index in [-0.39, 0.29) is 5.56 Å². The van der Waals surface area contributed by atoms with E-state index in [4.69, 9.17) is 4.74 Å². The van der Waals surface area contributed by atoms with Crippen LogP contribution in [0.3, 0.4) is 0 Å². The second kappa shape index (κ2) is 5.92. The summed E-state index contributed by atoms with van der Waals surface area (Å²) >= 11 is 0. The highest BCUT2D eigenvalue weighted by Gasteiger charge is 2.34. The quantitative estimate of drug-likeness (QED) is 0.883. The van der Waals surface area contributed by atoms with Crippen LogP contribution in [0.25, 0.3) is 0 Å². The maximum absolute atomic E-state index is 12.9. The molecule has 1 N–H and O–H groups in total. The van der Waals surface area contributed by atoms with Gasteiger partial charge in [-0.2, -0.15) is 13.2 Å². The molecule has 0 aromatic heterocycles. The largest absolute Gasteiger partial charge is 0.416 e. The lowest BCUT2D eigenvalue weighted by Crippen LogP contribution is -2.38. The summed E-state index contributed by atoms with van der Waals surface area (Å²) in [6, 6.07) is 5.23. The molecular formula is C14H20F3NO. The van der Waals surface area contributed by atoms with Crippen LogP contribution < -0.4 is 5.32 Å². The zero-order valence-electron chi connectivity index (χ0n) is 11.6. The number of hydrogen-bond acceptors (Lipinski definition) is 2. The van der Waals surface area contributed by atoms with E-state index in [1.807, 2.05) is 13.8 Å². The molecule has 0 radical (unpaired) electrons. The molecule has 0 amide bonds. The number of ether oxygens (including phenoxy) is 1. The van der Waals surface area contributed by atoms with Crippen molar-refractivity contribution in [3.63, 3.8) is 0 Å². The number of nitrogens with one attached hydrogen (secondary N) is 1. The van der Waals surface area contributed by atoms with Gasteiger partial charge in [0.2, 0.25) is 0 Å². The van der Waals surface area contributed by atoms with E-state index in [0.717, 1.165) is 6.07 Å². The minimum atomic E-state index is -4.33. The molecule has 0 aliphatic carbocycles. The molecule has 0 spiro atoms. The molecule has 0 fully saturated rings. The average Bonchev–Trinajstić information content (AvgIpc) is 2.35. The van der Waals surface area contributed by atoms with Crippen molar-refractivity contribution < 1.29 is 17.9 Å². The first-order chi connectivity index (χ1) is 8.67. The van der Waals surface area contributed by atoms with Gasteiger partial charge in [-0.3, -0.25) is 0 Å². The smallest absolute Gasteiger partial charge is 0.377 e. The molecule has 0 heterocycles. The van der Waals surface area contributed by atoms with Gasteiger partial charge >= 0.3 is 6.18 Å². The molecule has 5 heteroatoms. The van der Waals surface area contributed by atoms with E-state index in [1.165, 1.54) is 12.1 Å². The van der Waals surface area contributed by atoms with Crippen molar-refractivity contribution in [2.45, 2.75) is 38.6 Å². The lowest BCUT2D eigenvalue weighted by atomic mass is 10.00. The third-order valence-corrected chi connectivity index (χ3v) is 3.12. The summed E-state index contributed by atoms with van der Waals surface area (Å²) in [6.07, 6.45) is -4.33. The lowest BCUT2D eigenvalue weighted by molar-refractivity contribution is -0.138. The van der Waals surface area contributed by atoms with Gasteiger partial charge in [0.25, 0.3) is 0 Å². The van der Waals surface area contributed by atoms with Crippen molar-refractivity contribution in [2.24, 2.45) is 0 Å². The molecule has 0 bridgehead atoms. The SMILES string of the molecule is COC(C)(C)CNC(C)c1ccccc1C(F)(F)F. The Morgan fingerprint density at radius 3 is 2.32 bits per heavy atom. The Labute approximate surface area is 112 Å². The van der Waals surface area contributed by atoms with Gasteiger partial charge in [0.05, 0.1) is 11.2 Å². The average molecular weight is 275 g/mol. The molecular weight excluding hydrogens is 255 g/mol. The van der Waals surface area contributed by atoms with Crippen molar-refractivity contribution in [3.8, 4) is 0 Å². The van der Waals surface area contributed by atoms with Crippen molar-refractivity contribution in [2.75, 3.05) is 13.7 Å². The molecule has 1 aromatic rings. The van der Waals surface area contributed by atoms with Crippen LogP contribution in [-0.4, -0.2) is 19.3 Å². The molecule has 0 aliphatic rings. The van der Waals surface area contributed by atoms with Gasteiger partial charge in [-0.1, -0.05) is 18.2 Å². The van der Waals surface area contributed by atoms with Crippen LogP contribution in [0.5, 0.6) is 0 Å². The summed E-state index contributed by atoms with van der Waals surface area (Å²) in [5.74, 6) is 0. The van der Waals surface area contributed by atoms with Gasteiger partial charge in [-0.25, -0.2) is 0 Å². The summed E-state index contributed by atoms with van der Waals surface area (Å²) in [7, 11) is 1.58. The van der Waals surface area contributed by atoms with Crippen LogP contribution in [0.4, 0.5) is 13.2 Å². The summed E-state index contributed by atoms with van der Waals surface area (Å²) < 4.78 is 43.9. The monoisotopic (exact) mass is 275 g/mol. The molecule has 1 aromatic carbocycles. The predicted octanol–water partition coefficient (Wildman–Crippen LogP) is 3.78. The van der Waals surface area contributed by atoms with Crippen LogP contribution in [0.1, 0.15) is 37.9 Å². The van der Waals surface area contributed by atoms with E-state index in [2.05, 4.69) is 5.32 Å². The van der Waals surface area contributed by atoms with Crippen molar-refractivity contribution in [1.29, 1.82) is 0 Å². The summed E-state index contributed by atoms with van der Waals surface area (Å²) in [4.78, 5) is 0. The molecule has 108 valence electrons. The minimum Gasteiger partial charge on any atom is -0.377 e. The standard InChI is InChI=1S/C14H20F3NO/c1-10(18-9-13(2,3)19-4)11-7-5-6-8-12(11)14(15,16)17/h5-8,10,18H,9H2,1-4H3. The molecule has 0 saturated carbocycles. The van der Waals surface area contributed by atoms with Crippen molar-refractivity contribution >= 4 is 0 Å². The van der Waals surface area contributed by atoms with Crippen LogP contribution in [0.15, 0.2) is 24.3 Å². The van der Waals surface area contributed by atoms with Crippen LogP contribution in [-0.2, 0) is 10.9 Å². The number of alkyl halides is 3. The van der Waals surface area contributed by atoms with Gasteiger partial charge in [0.1, 0.15) is 0 Å². The topological polar surface area (TPSA) is 21.3 Å². The summed E-state index contributed by atoms with van der Waals surface area (Å²) in [6.45, 7) is 5.94. The zero-order chi connectivity index (χ0) is 14.7. The molecule has 0 aliphatic heterocycles. The van der Waals surface area contributed by atoms with E-state index < -0.39 is 23.4 Å². The number of methoxy groups -OCH3 is 1. The fraction of sp³-hybridized carbons (Fsp3) is 0.571. The van der Waals surface area contributed by atoms with Crippen LogP contribution in [0.2, 0.25) is 0 Å². The Balaban J connectivity index is 2.86. The van der Waals surface area contributed by atoms with Gasteiger partial charge in [0, 0.05) is 19.7 Å². The highest BCUT2D eigenvalue weighted by Crippen LogP contribution is 2.34. The molecule has 0 saturated heterocycles. The molecule has 1 unspecified atom stereocenters. The Morgan fingerprint density at radius 1 is 1.21 bits per heavy atom.